The largest absolute Gasteiger partial charge is 0.344 e. The first kappa shape index (κ1) is 15.5. The van der Waals surface area contributed by atoms with Crippen molar-refractivity contribution >= 4 is 11.8 Å². The molecule has 1 aromatic heterocycles. The maximum atomic E-state index is 12.4. The Morgan fingerprint density at radius 2 is 2.19 bits per heavy atom. The number of hydrogen-bond acceptors (Lipinski definition) is 4. The van der Waals surface area contributed by atoms with E-state index in [9.17, 15) is 9.59 Å². The van der Waals surface area contributed by atoms with Crippen molar-refractivity contribution in [2.75, 3.05) is 6.54 Å². The molecule has 1 unspecified atom stereocenters. The normalized spacial score (nSPS) is 19.8. The Hall–Kier alpha value is -1.92. The maximum absolute atomic E-state index is 12.4. The molecule has 2 heterocycles. The quantitative estimate of drug-likeness (QED) is 0.860. The van der Waals surface area contributed by atoms with E-state index in [1.807, 2.05) is 11.6 Å². The number of aromatic nitrogens is 3. The minimum Gasteiger partial charge on any atom is -0.344 e. The SMILES string of the molecule is CCC1NC(=O)CCN(Cc2ncnn2CC(C)C)C1=O. The zero-order chi connectivity index (χ0) is 15.4. The van der Waals surface area contributed by atoms with Crippen molar-refractivity contribution in [2.45, 2.75) is 52.7 Å². The summed E-state index contributed by atoms with van der Waals surface area (Å²) in [6, 6.07) is -0.429. The summed E-state index contributed by atoms with van der Waals surface area (Å²) in [6.45, 7) is 7.71. The molecule has 0 saturated carbocycles. The van der Waals surface area contributed by atoms with Gasteiger partial charge in [-0.3, -0.25) is 9.59 Å². The molecule has 1 atom stereocenters. The Labute approximate surface area is 124 Å². The Balaban J connectivity index is 2.12. The van der Waals surface area contributed by atoms with Crippen LogP contribution in [-0.2, 0) is 22.7 Å². The van der Waals surface area contributed by atoms with Gasteiger partial charge in [0.25, 0.3) is 0 Å². The van der Waals surface area contributed by atoms with Gasteiger partial charge >= 0.3 is 0 Å². The predicted molar refractivity (Wildman–Crippen MR) is 77.1 cm³/mol. The van der Waals surface area contributed by atoms with Crippen LogP contribution >= 0.6 is 0 Å². The van der Waals surface area contributed by atoms with Crippen molar-refractivity contribution in [3.8, 4) is 0 Å². The monoisotopic (exact) mass is 293 g/mol. The summed E-state index contributed by atoms with van der Waals surface area (Å²) in [7, 11) is 0. The van der Waals surface area contributed by atoms with Crippen LogP contribution in [0.3, 0.4) is 0 Å². The van der Waals surface area contributed by atoms with Gasteiger partial charge in [-0.2, -0.15) is 5.10 Å². The molecule has 116 valence electrons. The molecule has 1 saturated heterocycles. The summed E-state index contributed by atoms with van der Waals surface area (Å²) in [5.74, 6) is 1.11. The summed E-state index contributed by atoms with van der Waals surface area (Å²) >= 11 is 0. The van der Waals surface area contributed by atoms with Crippen molar-refractivity contribution in [1.29, 1.82) is 0 Å². The highest BCUT2D eigenvalue weighted by Crippen LogP contribution is 2.11. The zero-order valence-corrected chi connectivity index (χ0v) is 12.9. The second kappa shape index (κ2) is 6.69. The molecule has 2 amide bonds. The fraction of sp³-hybridized carbons (Fsp3) is 0.714. The number of carbonyl (C=O) groups is 2. The van der Waals surface area contributed by atoms with E-state index >= 15 is 0 Å². The Kier molecular flexibility index (Phi) is 4.93. The van der Waals surface area contributed by atoms with Crippen LogP contribution in [0.4, 0.5) is 0 Å². The molecule has 1 N–H and O–H groups in total. The first-order chi connectivity index (χ1) is 10.0. The molecule has 0 spiro atoms. The van der Waals surface area contributed by atoms with E-state index in [-0.39, 0.29) is 11.8 Å². The molecule has 1 aromatic rings. The van der Waals surface area contributed by atoms with Crippen LogP contribution in [-0.4, -0.2) is 44.1 Å². The highest BCUT2D eigenvalue weighted by molar-refractivity contribution is 5.89. The molecule has 7 heteroatoms. The van der Waals surface area contributed by atoms with Gasteiger partial charge in [-0.1, -0.05) is 20.8 Å². The van der Waals surface area contributed by atoms with Gasteiger partial charge in [-0.05, 0) is 12.3 Å². The van der Waals surface area contributed by atoms with E-state index < -0.39 is 6.04 Å². The molecule has 0 aliphatic carbocycles. The number of amides is 2. The lowest BCUT2D eigenvalue weighted by Crippen LogP contribution is -2.44. The first-order valence-electron chi connectivity index (χ1n) is 7.46. The van der Waals surface area contributed by atoms with Gasteiger partial charge in [-0.15, -0.1) is 0 Å². The molecule has 0 radical (unpaired) electrons. The molecule has 2 rings (SSSR count). The third kappa shape index (κ3) is 3.80. The fourth-order valence-electron chi connectivity index (χ4n) is 2.41. The summed E-state index contributed by atoms with van der Waals surface area (Å²) < 4.78 is 1.83. The van der Waals surface area contributed by atoms with Crippen LogP contribution < -0.4 is 5.32 Å². The van der Waals surface area contributed by atoms with Crippen LogP contribution in [0.2, 0.25) is 0 Å². The van der Waals surface area contributed by atoms with E-state index in [2.05, 4.69) is 29.2 Å². The Morgan fingerprint density at radius 1 is 1.43 bits per heavy atom. The number of nitrogens with zero attached hydrogens (tertiary/aromatic N) is 4. The van der Waals surface area contributed by atoms with Gasteiger partial charge < -0.3 is 10.2 Å². The summed E-state index contributed by atoms with van der Waals surface area (Å²) in [4.78, 5) is 30.0. The van der Waals surface area contributed by atoms with E-state index in [1.165, 1.54) is 6.33 Å². The van der Waals surface area contributed by atoms with E-state index in [1.54, 1.807) is 4.90 Å². The van der Waals surface area contributed by atoms with Crippen LogP contribution in [0, 0.1) is 5.92 Å². The van der Waals surface area contributed by atoms with Gasteiger partial charge in [0, 0.05) is 19.5 Å². The van der Waals surface area contributed by atoms with E-state index in [0.717, 1.165) is 12.4 Å². The lowest BCUT2D eigenvalue weighted by atomic mass is 10.2. The second-order valence-electron chi connectivity index (χ2n) is 5.79. The summed E-state index contributed by atoms with van der Waals surface area (Å²) in [5, 5.41) is 6.97. The number of nitrogens with one attached hydrogen (secondary N) is 1. The van der Waals surface area contributed by atoms with Gasteiger partial charge in [0.15, 0.2) is 0 Å². The molecule has 1 aliphatic heterocycles. The standard InChI is InChI=1S/C14H23N5O2/c1-4-11-14(21)18(6-5-13(20)17-11)8-12-15-9-16-19(12)7-10(2)3/h9-11H,4-8H2,1-3H3,(H,17,20). The third-order valence-electron chi connectivity index (χ3n) is 3.53. The van der Waals surface area contributed by atoms with Gasteiger partial charge in [-0.25, -0.2) is 9.67 Å². The smallest absolute Gasteiger partial charge is 0.245 e. The first-order valence-corrected chi connectivity index (χ1v) is 7.46. The van der Waals surface area contributed by atoms with Crippen LogP contribution in [0.25, 0.3) is 0 Å². The van der Waals surface area contributed by atoms with Crippen molar-refractivity contribution in [1.82, 2.24) is 25.0 Å². The molecule has 0 bridgehead atoms. The van der Waals surface area contributed by atoms with Gasteiger partial charge in [0.05, 0.1) is 6.54 Å². The van der Waals surface area contributed by atoms with Gasteiger partial charge in [0.1, 0.15) is 18.2 Å². The molecule has 1 aliphatic rings. The average molecular weight is 293 g/mol. The Morgan fingerprint density at radius 3 is 2.86 bits per heavy atom. The van der Waals surface area contributed by atoms with Crippen LogP contribution in [0.15, 0.2) is 6.33 Å². The molecule has 21 heavy (non-hydrogen) atoms. The Bertz CT molecular complexity index is 511. The minimum absolute atomic E-state index is 0.0394. The highest BCUT2D eigenvalue weighted by Gasteiger charge is 2.29. The van der Waals surface area contributed by atoms with Crippen LogP contribution in [0.5, 0.6) is 0 Å². The summed E-state index contributed by atoms with van der Waals surface area (Å²) in [6.07, 6.45) is 2.45. The van der Waals surface area contributed by atoms with Gasteiger partial charge in [0.2, 0.25) is 11.8 Å². The van der Waals surface area contributed by atoms with Crippen molar-refractivity contribution in [3.05, 3.63) is 12.2 Å². The number of hydrogen-bond donors (Lipinski definition) is 1. The van der Waals surface area contributed by atoms with Crippen LogP contribution in [0.1, 0.15) is 39.4 Å². The molecule has 0 aromatic carbocycles. The lowest BCUT2D eigenvalue weighted by Gasteiger charge is -2.23. The third-order valence-corrected chi connectivity index (χ3v) is 3.53. The molecular weight excluding hydrogens is 270 g/mol. The van der Waals surface area contributed by atoms with E-state index in [0.29, 0.717) is 31.8 Å². The van der Waals surface area contributed by atoms with Crippen molar-refractivity contribution in [3.63, 3.8) is 0 Å². The number of rotatable bonds is 5. The van der Waals surface area contributed by atoms with Crippen molar-refractivity contribution in [2.24, 2.45) is 5.92 Å². The number of carbonyl (C=O) groups excluding carboxylic acids is 2. The minimum atomic E-state index is -0.429. The predicted octanol–water partition coefficient (Wildman–Crippen LogP) is 0.561. The highest BCUT2D eigenvalue weighted by atomic mass is 16.2. The lowest BCUT2D eigenvalue weighted by molar-refractivity contribution is -0.134. The fourth-order valence-corrected chi connectivity index (χ4v) is 2.41. The van der Waals surface area contributed by atoms with Crippen molar-refractivity contribution < 1.29 is 9.59 Å². The second-order valence-corrected chi connectivity index (χ2v) is 5.79. The molecule has 1 fully saturated rings. The van der Waals surface area contributed by atoms with E-state index in [4.69, 9.17) is 0 Å². The summed E-state index contributed by atoms with van der Waals surface area (Å²) in [5.41, 5.74) is 0. The average Bonchev–Trinajstić information content (AvgIpc) is 2.80. The molecule has 7 nitrogen and oxygen atoms in total. The zero-order valence-electron chi connectivity index (χ0n) is 12.9. The topological polar surface area (TPSA) is 80.1 Å². The molecular formula is C14H23N5O2. The maximum Gasteiger partial charge on any atom is 0.245 e.